The first kappa shape index (κ1) is 17.1. The molecule has 0 unspecified atom stereocenters. The molecule has 0 bridgehead atoms. The molecule has 3 nitrogen and oxygen atoms in total. The largest absolute Gasteiger partial charge is 0.352 e. The molecule has 0 saturated carbocycles. The van der Waals surface area contributed by atoms with Gasteiger partial charge in [-0.05, 0) is 66.5 Å². The van der Waals surface area contributed by atoms with Gasteiger partial charge >= 0.3 is 0 Å². The van der Waals surface area contributed by atoms with Crippen LogP contribution in [0.25, 0.3) is 0 Å². The lowest BCUT2D eigenvalue weighted by Crippen LogP contribution is -2.33. The minimum Gasteiger partial charge on any atom is -0.352 e. The predicted octanol–water partition coefficient (Wildman–Crippen LogP) is 4.77. The third kappa shape index (κ3) is 4.22. The number of aromatic nitrogens is 1. The molecule has 1 heterocycles. The topological polar surface area (TPSA) is 37.0 Å². The van der Waals surface area contributed by atoms with Crippen LogP contribution >= 0.6 is 12.2 Å². The van der Waals surface area contributed by atoms with Crippen LogP contribution < -0.4 is 10.6 Å². The smallest absolute Gasteiger partial charge is 0.171 e. The molecule has 0 spiro atoms. The molecule has 0 saturated heterocycles. The van der Waals surface area contributed by atoms with Crippen LogP contribution in [0.1, 0.15) is 28.3 Å². The summed E-state index contributed by atoms with van der Waals surface area (Å²) >= 11 is 5.58. The fourth-order valence-electron chi connectivity index (χ4n) is 2.74. The SMILES string of the molecule is Cc1cccc(NC(=S)N[C@@H](c2ccccc2)c2ccncc2)c1C. The van der Waals surface area contributed by atoms with Crippen molar-refractivity contribution in [2.75, 3.05) is 5.32 Å². The van der Waals surface area contributed by atoms with Gasteiger partial charge in [0.05, 0.1) is 6.04 Å². The van der Waals surface area contributed by atoms with Crippen molar-refractivity contribution in [1.29, 1.82) is 0 Å². The summed E-state index contributed by atoms with van der Waals surface area (Å²) in [5.41, 5.74) is 5.73. The summed E-state index contributed by atoms with van der Waals surface area (Å²) < 4.78 is 0. The Labute approximate surface area is 154 Å². The minimum atomic E-state index is -0.0330. The molecule has 25 heavy (non-hydrogen) atoms. The van der Waals surface area contributed by atoms with Gasteiger partial charge in [-0.15, -0.1) is 0 Å². The van der Waals surface area contributed by atoms with E-state index in [9.17, 15) is 0 Å². The maximum atomic E-state index is 5.58. The Bertz CT molecular complexity index is 808. The van der Waals surface area contributed by atoms with Crippen LogP contribution in [-0.2, 0) is 0 Å². The average Bonchev–Trinajstić information content (AvgIpc) is 2.65. The number of pyridine rings is 1. The Balaban J connectivity index is 1.83. The van der Waals surface area contributed by atoms with Gasteiger partial charge in [-0.25, -0.2) is 0 Å². The number of aryl methyl sites for hydroxylation is 1. The van der Waals surface area contributed by atoms with Gasteiger partial charge < -0.3 is 10.6 Å². The molecule has 4 heteroatoms. The van der Waals surface area contributed by atoms with Crippen molar-refractivity contribution in [3.63, 3.8) is 0 Å². The van der Waals surface area contributed by atoms with E-state index >= 15 is 0 Å². The third-order valence-electron chi connectivity index (χ3n) is 4.30. The van der Waals surface area contributed by atoms with Crippen molar-refractivity contribution < 1.29 is 0 Å². The van der Waals surface area contributed by atoms with Crippen molar-refractivity contribution in [2.24, 2.45) is 0 Å². The summed E-state index contributed by atoms with van der Waals surface area (Å²) in [6, 6.07) is 20.4. The Hall–Kier alpha value is -2.72. The van der Waals surface area contributed by atoms with Crippen molar-refractivity contribution in [3.05, 3.63) is 95.3 Å². The second kappa shape index (κ2) is 7.90. The standard InChI is InChI=1S/C21H21N3S/c1-15-7-6-10-19(16(15)2)23-21(25)24-20(17-8-4-3-5-9-17)18-11-13-22-14-12-18/h3-14,20H,1-2H3,(H2,23,24,25)/t20-/m0/s1. The number of benzene rings is 2. The molecule has 3 aromatic rings. The zero-order chi connectivity index (χ0) is 17.6. The highest BCUT2D eigenvalue weighted by molar-refractivity contribution is 7.80. The van der Waals surface area contributed by atoms with Gasteiger partial charge in [0.15, 0.2) is 5.11 Å². The summed E-state index contributed by atoms with van der Waals surface area (Å²) in [4.78, 5) is 4.11. The van der Waals surface area contributed by atoms with Crippen LogP contribution in [0.15, 0.2) is 73.1 Å². The van der Waals surface area contributed by atoms with Gasteiger partial charge in [0, 0.05) is 18.1 Å². The van der Waals surface area contributed by atoms with Crippen molar-refractivity contribution in [2.45, 2.75) is 19.9 Å². The number of thiocarbonyl (C=S) groups is 1. The molecule has 0 radical (unpaired) electrons. The highest BCUT2D eigenvalue weighted by Crippen LogP contribution is 2.22. The van der Waals surface area contributed by atoms with Crippen LogP contribution in [0.5, 0.6) is 0 Å². The molecule has 0 aliphatic carbocycles. The van der Waals surface area contributed by atoms with Crippen molar-refractivity contribution >= 4 is 23.0 Å². The Kier molecular flexibility index (Phi) is 5.41. The molecule has 3 rings (SSSR count). The molecular weight excluding hydrogens is 326 g/mol. The van der Waals surface area contributed by atoms with E-state index < -0.39 is 0 Å². The summed E-state index contributed by atoms with van der Waals surface area (Å²) in [5.74, 6) is 0. The van der Waals surface area contributed by atoms with Gasteiger partial charge in [0.25, 0.3) is 0 Å². The van der Waals surface area contributed by atoms with E-state index in [2.05, 4.69) is 47.7 Å². The molecule has 0 fully saturated rings. The number of hydrogen-bond acceptors (Lipinski definition) is 2. The number of hydrogen-bond donors (Lipinski definition) is 2. The maximum absolute atomic E-state index is 5.58. The molecule has 2 aromatic carbocycles. The number of anilines is 1. The molecule has 0 aliphatic heterocycles. The lowest BCUT2D eigenvalue weighted by atomic mass is 10.00. The van der Waals surface area contributed by atoms with Gasteiger partial charge in [0.1, 0.15) is 0 Å². The van der Waals surface area contributed by atoms with E-state index in [0.29, 0.717) is 5.11 Å². The van der Waals surface area contributed by atoms with E-state index in [0.717, 1.165) is 16.8 Å². The van der Waals surface area contributed by atoms with E-state index in [4.69, 9.17) is 12.2 Å². The maximum Gasteiger partial charge on any atom is 0.171 e. The molecule has 0 aliphatic rings. The average molecular weight is 347 g/mol. The highest BCUT2D eigenvalue weighted by atomic mass is 32.1. The first-order valence-corrected chi connectivity index (χ1v) is 8.64. The summed E-state index contributed by atoms with van der Waals surface area (Å²) in [6.45, 7) is 4.19. The molecular formula is C21H21N3S. The Morgan fingerprint density at radius 2 is 1.56 bits per heavy atom. The van der Waals surface area contributed by atoms with E-state index in [-0.39, 0.29) is 6.04 Å². The van der Waals surface area contributed by atoms with Crippen LogP contribution in [0, 0.1) is 13.8 Å². The van der Waals surface area contributed by atoms with Crippen LogP contribution in [-0.4, -0.2) is 10.1 Å². The van der Waals surface area contributed by atoms with Gasteiger partial charge in [-0.1, -0.05) is 42.5 Å². The zero-order valence-electron chi connectivity index (χ0n) is 14.4. The van der Waals surface area contributed by atoms with Crippen molar-refractivity contribution in [1.82, 2.24) is 10.3 Å². The number of nitrogens with zero attached hydrogens (tertiary/aromatic N) is 1. The fraction of sp³-hybridized carbons (Fsp3) is 0.143. The first-order chi connectivity index (χ1) is 12.1. The lowest BCUT2D eigenvalue weighted by Gasteiger charge is -2.22. The molecule has 1 atom stereocenters. The van der Waals surface area contributed by atoms with Crippen molar-refractivity contribution in [3.8, 4) is 0 Å². The third-order valence-corrected chi connectivity index (χ3v) is 4.52. The van der Waals surface area contributed by atoms with Gasteiger partial charge in [-0.3, -0.25) is 4.98 Å². The monoisotopic (exact) mass is 347 g/mol. The molecule has 2 N–H and O–H groups in total. The minimum absolute atomic E-state index is 0.0330. The molecule has 126 valence electrons. The van der Waals surface area contributed by atoms with Crippen LogP contribution in [0.4, 0.5) is 5.69 Å². The van der Waals surface area contributed by atoms with E-state index in [1.165, 1.54) is 11.1 Å². The van der Waals surface area contributed by atoms with Crippen LogP contribution in [0.2, 0.25) is 0 Å². The second-order valence-corrected chi connectivity index (χ2v) is 6.38. The Morgan fingerprint density at radius 1 is 0.880 bits per heavy atom. The van der Waals surface area contributed by atoms with Crippen LogP contribution in [0.3, 0.4) is 0 Å². The van der Waals surface area contributed by atoms with E-state index in [1.54, 1.807) is 12.4 Å². The zero-order valence-corrected chi connectivity index (χ0v) is 15.2. The number of rotatable bonds is 4. The summed E-state index contributed by atoms with van der Waals surface area (Å²) in [6.07, 6.45) is 3.60. The highest BCUT2D eigenvalue weighted by Gasteiger charge is 2.15. The Morgan fingerprint density at radius 3 is 2.28 bits per heavy atom. The molecule has 0 amide bonds. The van der Waals surface area contributed by atoms with E-state index in [1.807, 2.05) is 42.5 Å². The quantitative estimate of drug-likeness (QED) is 0.666. The fourth-order valence-corrected chi connectivity index (χ4v) is 2.96. The molecule has 1 aromatic heterocycles. The van der Waals surface area contributed by atoms with Gasteiger partial charge in [0.2, 0.25) is 0 Å². The van der Waals surface area contributed by atoms with Gasteiger partial charge in [-0.2, -0.15) is 0 Å². The predicted molar refractivity (Wildman–Crippen MR) is 108 cm³/mol. The summed E-state index contributed by atoms with van der Waals surface area (Å²) in [5, 5.41) is 7.36. The number of nitrogens with one attached hydrogen (secondary N) is 2. The normalized spacial score (nSPS) is 11.6. The first-order valence-electron chi connectivity index (χ1n) is 8.24. The summed E-state index contributed by atoms with van der Waals surface area (Å²) in [7, 11) is 0. The lowest BCUT2D eigenvalue weighted by molar-refractivity contribution is 0.766. The second-order valence-electron chi connectivity index (χ2n) is 5.97.